The molecule has 0 aromatic carbocycles. The van der Waals surface area contributed by atoms with Gasteiger partial charge >= 0.3 is 0 Å². The SMILES string of the molecule is CCNC(=NCC1CN2CCCC2CO1)NC1CCS(=O)(=O)C1. The van der Waals surface area contributed by atoms with Crippen molar-refractivity contribution in [2.24, 2.45) is 4.99 Å². The van der Waals surface area contributed by atoms with Crippen LogP contribution < -0.4 is 10.6 Å². The van der Waals surface area contributed by atoms with E-state index < -0.39 is 9.84 Å². The second kappa shape index (κ2) is 7.36. The van der Waals surface area contributed by atoms with Gasteiger partial charge in [0.05, 0.1) is 30.8 Å². The van der Waals surface area contributed by atoms with E-state index in [2.05, 4.69) is 20.5 Å². The van der Waals surface area contributed by atoms with Gasteiger partial charge in [-0.15, -0.1) is 0 Å². The van der Waals surface area contributed by atoms with Crippen LogP contribution in [0, 0.1) is 0 Å². The van der Waals surface area contributed by atoms with Crippen molar-refractivity contribution in [2.45, 2.75) is 44.4 Å². The van der Waals surface area contributed by atoms with Gasteiger partial charge in [0.25, 0.3) is 0 Å². The molecule has 2 N–H and O–H groups in total. The van der Waals surface area contributed by atoms with Crippen LogP contribution in [0.25, 0.3) is 0 Å². The first-order valence-electron chi connectivity index (χ1n) is 8.66. The van der Waals surface area contributed by atoms with Crippen LogP contribution in [0.2, 0.25) is 0 Å². The molecular formula is C15H28N4O3S. The van der Waals surface area contributed by atoms with E-state index in [9.17, 15) is 8.42 Å². The molecule has 3 rings (SSSR count). The van der Waals surface area contributed by atoms with Crippen LogP contribution in [0.3, 0.4) is 0 Å². The van der Waals surface area contributed by atoms with Crippen LogP contribution in [0.4, 0.5) is 0 Å². The number of sulfone groups is 1. The normalized spacial score (nSPS) is 34.3. The Bertz CT molecular complexity index is 537. The molecule has 0 aromatic rings. The molecule has 7 nitrogen and oxygen atoms in total. The van der Waals surface area contributed by atoms with Crippen molar-refractivity contribution in [2.75, 3.05) is 44.3 Å². The summed E-state index contributed by atoms with van der Waals surface area (Å²) in [5.41, 5.74) is 0. The summed E-state index contributed by atoms with van der Waals surface area (Å²) in [5, 5.41) is 6.45. The largest absolute Gasteiger partial charge is 0.373 e. The summed E-state index contributed by atoms with van der Waals surface area (Å²) in [4.78, 5) is 7.12. The average Bonchev–Trinajstić information content (AvgIpc) is 3.10. The van der Waals surface area contributed by atoms with E-state index in [1.165, 1.54) is 19.4 Å². The van der Waals surface area contributed by atoms with E-state index in [0.29, 0.717) is 25.0 Å². The molecule has 0 amide bonds. The molecule has 0 bridgehead atoms. The predicted molar refractivity (Wildman–Crippen MR) is 90.5 cm³/mol. The minimum Gasteiger partial charge on any atom is -0.373 e. The Labute approximate surface area is 138 Å². The number of nitrogens with one attached hydrogen (secondary N) is 2. The molecule has 0 aromatic heterocycles. The van der Waals surface area contributed by atoms with Crippen molar-refractivity contribution in [1.29, 1.82) is 0 Å². The highest BCUT2D eigenvalue weighted by Crippen LogP contribution is 2.22. The zero-order chi connectivity index (χ0) is 16.3. The van der Waals surface area contributed by atoms with Crippen molar-refractivity contribution < 1.29 is 13.2 Å². The molecule has 3 aliphatic heterocycles. The summed E-state index contributed by atoms with van der Waals surface area (Å²) >= 11 is 0. The van der Waals surface area contributed by atoms with Gasteiger partial charge in [0.2, 0.25) is 0 Å². The molecule has 0 radical (unpaired) electrons. The summed E-state index contributed by atoms with van der Waals surface area (Å²) in [5.74, 6) is 1.17. The van der Waals surface area contributed by atoms with Gasteiger partial charge in [-0.2, -0.15) is 0 Å². The lowest BCUT2D eigenvalue weighted by Gasteiger charge is -2.34. The topological polar surface area (TPSA) is 83.0 Å². The molecule has 0 spiro atoms. The predicted octanol–water partition coefficient (Wildman–Crippen LogP) is -0.408. The van der Waals surface area contributed by atoms with Gasteiger partial charge in [0.1, 0.15) is 0 Å². The highest BCUT2D eigenvalue weighted by Gasteiger charge is 2.32. The summed E-state index contributed by atoms with van der Waals surface area (Å²) in [6, 6.07) is 0.568. The van der Waals surface area contributed by atoms with E-state index in [1.54, 1.807) is 0 Å². The number of rotatable bonds is 4. The third kappa shape index (κ3) is 4.58. The van der Waals surface area contributed by atoms with Gasteiger partial charge in [-0.05, 0) is 32.7 Å². The standard InChI is InChI=1S/C15H28N4O3S/c1-2-16-15(18-12-5-7-23(20,21)11-12)17-8-14-9-19-6-3-4-13(19)10-22-14/h12-14H,2-11H2,1H3,(H2,16,17,18). The maximum Gasteiger partial charge on any atom is 0.191 e. The monoisotopic (exact) mass is 344 g/mol. The minimum absolute atomic E-state index is 0.0342. The zero-order valence-electron chi connectivity index (χ0n) is 13.8. The van der Waals surface area contributed by atoms with Gasteiger partial charge in [-0.25, -0.2) is 8.42 Å². The number of nitrogens with zero attached hydrogens (tertiary/aromatic N) is 2. The van der Waals surface area contributed by atoms with E-state index in [0.717, 1.165) is 19.7 Å². The molecular weight excluding hydrogens is 316 g/mol. The molecule has 3 fully saturated rings. The molecule has 0 saturated carbocycles. The lowest BCUT2D eigenvalue weighted by molar-refractivity contribution is -0.0432. The number of ether oxygens (including phenoxy) is 1. The summed E-state index contributed by atoms with van der Waals surface area (Å²) in [6.07, 6.45) is 3.30. The Morgan fingerprint density at radius 2 is 2.26 bits per heavy atom. The lowest BCUT2D eigenvalue weighted by Crippen LogP contribution is -2.48. The second-order valence-corrected chi connectivity index (χ2v) is 8.94. The molecule has 23 heavy (non-hydrogen) atoms. The van der Waals surface area contributed by atoms with Crippen LogP contribution in [-0.4, -0.2) is 81.8 Å². The summed E-state index contributed by atoms with van der Waals surface area (Å²) in [6.45, 7) is 6.31. The van der Waals surface area contributed by atoms with Crippen LogP contribution in [-0.2, 0) is 14.6 Å². The first-order chi connectivity index (χ1) is 11.1. The minimum atomic E-state index is -2.88. The fourth-order valence-electron chi connectivity index (χ4n) is 3.61. The van der Waals surface area contributed by atoms with E-state index in [4.69, 9.17) is 4.74 Å². The van der Waals surface area contributed by atoms with Crippen molar-refractivity contribution in [1.82, 2.24) is 15.5 Å². The second-order valence-electron chi connectivity index (χ2n) is 6.71. The van der Waals surface area contributed by atoms with Gasteiger partial charge in [0, 0.05) is 25.2 Å². The van der Waals surface area contributed by atoms with E-state index in [-0.39, 0.29) is 23.7 Å². The average molecular weight is 344 g/mol. The van der Waals surface area contributed by atoms with E-state index in [1.807, 2.05) is 6.92 Å². The Balaban J connectivity index is 1.52. The highest BCUT2D eigenvalue weighted by molar-refractivity contribution is 7.91. The molecule has 8 heteroatoms. The number of morpholine rings is 1. The molecule has 3 atom stereocenters. The molecule has 3 heterocycles. The van der Waals surface area contributed by atoms with Gasteiger partial charge in [0.15, 0.2) is 15.8 Å². The van der Waals surface area contributed by atoms with Gasteiger partial charge < -0.3 is 15.4 Å². The van der Waals surface area contributed by atoms with Crippen LogP contribution in [0.1, 0.15) is 26.2 Å². The Hall–Kier alpha value is -0.860. The third-order valence-electron chi connectivity index (χ3n) is 4.83. The van der Waals surface area contributed by atoms with Crippen LogP contribution >= 0.6 is 0 Å². The molecule has 132 valence electrons. The quantitative estimate of drug-likeness (QED) is 0.533. The maximum atomic E-state index is 11.6. The van der Waals surface area contributed by atoms with Crippen molar-refractivity contribution in [3.8, 4) is 0 Å². The first-order valence-corrected chi connectivity index (χ1v) is 10.5. The number of guanidine groups is 1. The summed E-state index contributed by atoms with van der Waals surface area (Å²) in [7, 11) is -2.88. The maximum absolute atomic E-state index is 11.6. The first kappa shape index (κ1) is 17.0. The molecule has 3 aliphatic rings. The van der Waals surface area contributed by atoms with E-state index >= 15 is 0 Å². The number of hydrogen-bond donors (Lipinski definition) is 2. The number of hydrogen-bond acceptors (Lipinski definition) is 5. The lowest BCUT2D eigenvalue weighted by atomic mass is 10.2. The highest BCUT2D eigenvalue weighted by atomic mass is 32.2. The van der Waals surface area contributed by atoms with Crippen molar-refractivity contribution in [3.63, 3.8) is 0 Å². The van der Waals surface area contributed by atoms with Crippen LogP contribution in [0.15, 0.2) is 4.99 Å². The van der Waals surface area contributed by atoms with Crippen LogP contribution in [0.5, 0.6) is 0 Å². The van der Waals surface area contributed by atoms with Gasteiger partial charge in [-0.1, -0.05) is 0 Å². The molecule has 3 unspecified atom stereocenters. The number of fused-ring (bicyclic) bond motifs is 1. The fraction of sp³-hybridized carbons (Fsp3) is 0.933. The van der Waals surface area contributed by atoms with Crippen molar-refractivity contribution in [3.05, 3.63) is 0 Å². The number of aliphatic imine (C=N–C) groups is 1. The Morgan fingerprint density at radius 1 is 1.39 bits per heavy atom. The molecule has 0 aliphatic carbocycles. The Kier molecular flexibility index (Phi) is 5.43. The van der Waals surface area contributed by atoms with Crippen molar-refractivity contribution >= 4 is 15.8 Å². The molecule has 3 saturated heterocycles. The summed E-state index contributed by atoms with van der Waals surface area (Å²) < 4.78 is 29.1. The Morgan fingerprint density at radius 3 is 3.00 bits per heavy atom. The third-order valence-corrected chi connectivity index (χ3v) is 6.60. The van der Waals surface area contributed by atoms with Gasteiger partial charge in [-0.3, -0.25) is 9.89 Å². The smallest absolute Gasteiger partial charge is 0.191 e. The zero-order valence-corrected chi connectivity index (χ0v) is 14.6. The fourth-order valence-corrected chi connectivity index (χ4v) is 5.28.